The Morgan fingerprint density at radius 1 is 1.33 bits per heavy atom. The van der Waals surface area contributed by atoms with Crippen LogP contribution in [0.4, 0.5) is 0 Å². The van der Waals surface area contributed by atoms with E-state index >= 15 is 0 Å². The van der Waals surface area contributed by atoms with Crippen molar-refractivity contribution in [3.63, 3.8) is 0 Å². The molecule has 0 saturated carbocycles. The van der Waals surface area contributed by atoms with Crippen LogP contribution in [-0.2, 0) is 4.79 Å². The number of carbonyl (C=O) groups excluding carboxylic acids is 2. The van der Waals surface area contributed by atoms with Crippen molar-refractivity contribution in [3.05, 3.63) is 29.8 Å². The molecule has 114 valence electrons. The van der Waals surface area contributed by atoms with E-state index in [0.29, 0.717) is 30.8 Å². The Labute approximate surface area is 123 Å². The van der Waals surface area contributed by atoms with E-state index in [0.717, 1.165) is 0 Å². The number of hydrogen-bond acceptors (Lipinski definition) is 5. The monoisotopic (exact) mass is 292 g/mol. The quantitative estimate of drug-likeness (QED) is 0.648. The van der Waals surface area contributed by atoms with E-state index in [9.17, 15) is 14.7 Å². The van der Waals surface area contributed by atoms with Crippen molar-refractivity contribution in [2.24, 2.45) is 0 Å². The van der Waals surface area contributed by atoms with Gasteiger partial charge in [-0.15, -0.1) is 0 Å². The molecule has 3 N–H and O–H groups in total. The molecule has 0 bridgehead atoms. The smallest absolute Gasteiger partial charge is 0.258 e. The number of hydrogen-bond donors (Lipinski definition) is 3. The lowest BCUT2D eigenvalue weighted by Gasteiger charge is -2.15. The average Bonchev–Trinajstić information content (AvgIpc) is 2.90. The number of ether oxygens (including phenoxy) is 1. The highest BCUT2D eigenvalue weighted by Gasteiger charge is 2.26. The van der Waals surface area contributed by atoms with Gasteiger partial charge in [0.15, 0.2) is 12.4 Å². The van der Waals surface area contributed by atoms with Gasteiger partial charge in [-0.2, -0.15) is 0 Å². The molecule has 6 nitrogen and oxygen atoms in total. The highest BCUT2D eigenvalue weighted by atomic mass is 16.5. The first-order valence-electron chi connectivity index (χ1n) is 7.04. The topological polar surface area (TPSA) is 87.7 Å². The summed E-state index contributed by atoms with van der Waals surface area (Å²) in [6.45, 7) is 2.73. The molecular formula is C15H20N2O4. The minimum Gasteiger partial charge on any atom is -0.484 e. The van der Waals surface area contributed by atoms with Gasteiger partial charge in [0, 0.05) is 25.1 Å². The Hall–Kier alpha value is -1.92. The summed E-state index contributed by atoms with van der Waals surface area (Å²) in [6, 6.07) is 6.43. The van der Waals surface area contributed by atoms with Crippen molar-refractivity contribution < 1.29 is 19.4 Å². The van der Waals surface area contributed by atoms with E-state index in [-0.39, 0.29) is 24.3 Å². The largest absolute Gasteiger partial charge is 0.484 e. The lowest BCUT2D eigenvalue weighted by atomic mass is 10.1. The summed E-state index contributed by atoms with van der Waals surface area (Å²) in [5.41, 5.74) is 0.634. The summed E-state index contributed by atoms with van der Waals surface area (Å²) in [4.78, 5) is 23.2. The number of Topliss-reactive ketones (excluding diaryl/α,β-unsaturated/α-hetero) is 1. The number of rotatable bonds is 6. The number of β-amino-alcohol motifs (C(OH)–C–C–N with tert-alkyl or cyclic N) is 1. The standard InChI is InChI=1S/C15H20N2O4/c1-2-13(18)10-3-5-11(6-4-10)21-9-15(20)17-12-7-16-8-14(12)19/h3-6,12,14,16,19H,2,7-9H2,1H3,(H,17,20)/t12-,14-/m1/s1. The number of nitrogens with one attached hydrogen (secondary N) is 2. The van der Waals surface area contributed by atoms with Gasteiger partial charge in [0.1, 0.15) is 5.75 Å². The molecule has 1 fully saturated rings. The van der Waals surface area contributed by atoms with Crippen molar-refractivity contribution >= 4 is 11.7 Å². The summed E-state index contributed by atoms with van der Waals surface area (Å²) in [6.07, 6.45) is -0.103. The summed E-state index contributed by atoms with van der Waals surface area (Å²) in [7, 11) is 0. The van der Waals surface area contributed by atoms with Crippen LogP contribution in [0.1, 0.15) is 23.7 Å². The lowest BCUT2D eigenvalue weighted by molar-refractivity contribution is -0.124. The molecule has 2 atom stereocenters. The number of carbonyl (C=O) groups is 2. The van der Waals surface area contributed by atoms with Gasteiger partial charge in [0.2, 0.25) is 0 Å². The van der Waals surface area contributed by atoms with E-state index in [4.69, 9.17) is 4.74 Å². The molecule has 1 aromatic rings. The first-order valence-corrected chi connectivity index (χ1v) is 7.04. The number of amides is 1. The van der Waals surface area contributed by atoms with Crippen LogP contribution >= 0.6 is 0 Å². The normalized spacial score (nSPS) is 21.0. The van der Waals surface area contributed by atoms with Crippen LogP contribution in [-0.4, -0.2) is 48.6 Å². The van der Waals surface area contributed by atoms with Gasteiger partial charge in [-0.1, -0.05) is 6.92 Å². The maximum absolute atomic E-state index is 11.7. The fourth-order valence-electron chi connectivity index (χ4n) is 2.15. The molecule has 21 heavy (non-hydrogen) atoms. The third-order valence-corrected chi connectivity index (χ3v) is 3.40. The van der Waals surface area contributed by atoms with Gasteiger partial charge in [0.25, 0.3) is 5.91 Å². The highest BCUT2D eigenvalue weighted by molar-refractivity contribution is 5.95. The molecule has 0 aromatic heterocycles. The Morgan fingerprint density at radius 2 is 2.05 bits per heavy atom. The van der Waals surface area contributed by atoms with Crippen LogP contribution in [0.15, 0.2) is 24.3 Å². The summed E-state index contributed by atoms with van der Waals surface area (Å²) < 4.78 is 5.36. The molecule has 0 aliphatic carbocycles. The second kappa shape index (κ2) is 7.19. The minimum absolute atomic E-state index is 0.0713. The molecule has 1 aliphatic rings. The molecular weight excluding hydrogens is 272 g/mol. The van der Waals surface area contributed by atoms with Crippen LogP contribution in [0, 0.1) is 0 Å². The maximum atomic E-state index is 11.7. The van der Waals surface area contributed by atoms with Crippen molar-refractivity contribution in [1.82, 2.24) is 10.6 Å². The first-order chi connectivity index (χ1) is 10.1. The summed E-state index contributed by atoms with van der Waals surface area (Å²) >= 11 is 0. The minimum atomic E-state index is -0.562. The van der Waals surface area contributed by atoms with Crippen LogP contribution in [0.3, 0.4) is 0 Å². The fraction of sp³-hybridized carbons (Fsp3) is 0.467. The van der Waals surface area contributed by atoms with Crippen LogP contribution in [0.5, 0.6) is 5.75 Å². The molecule has 0 radical (unpaired) electrons. The average molecular weight is 292 g/mol. The Balaban J connectivity index is 1.79. The highest BCUT2D eigenvalue weighted by Crippen LogP contribution is 2.13. The van der Waals surface area contributed by atoms with Crippen molar-refractivity contribution in [2.45, 2.75) is 25.5 Å². The van der Waals surface area contributed by atoms with Gasteiger partial charge in [-0.3, -0.25) is 9.59 Å². The van der Waals surface area contributed by atoms with Crippen LogP contribution < -0.4 is 15.4 Å². The Morgan fingerprint density at radius 3 is 2.62 bits per heavy atom. The number of aliphatic hydroxyl groups excluding tert-OH is 1. The second-order valence-electron chi connectivity index (χ2n) is 4.99. The molecule has 1 saturated heterocycles. The number of aliphatic hydroxyl groups is 1. The first kappa shape index (κ1) is 15.5. The third-order valence-electron chi connectivity index (χ3n) is 3.40. The molecule has 2 rings (SSSR count). The van der Waals surface area contributed by atoms with Crippen LogP contribution in [0.2, 0.25) is 0 Å². The SMILES string of the molecule is CCC(=O)c1ccc(OCC(=O)N[C@@H]2CNC[C@H]2O)cc1. The predicted molar refractivity (Wildman–Crippen MR) is 77.4 cm³/mol. The maximum Gasteiger partial charge on any atom is 0.258 e. The van der Waals surface area contributed by atoms with E-state index in [2.05, 4.69) is 10.6 Å². The molecule has 1 heterocycles. The van der Waals surface area contributed by atoms with Gasteiger partial charge >= 0.3 is 0 Å². The molecule has 6 heteroatoms. The van der Waals surface area contributed by atoms with Crippen molar-refractivity contribution in [1.29, 1.82) is 0 Å². The third kappa shape index (κ3) is 4.27. The van der Waals surface area contributed by atoms with Gasteiger partial charge in [-0.05, 0) is 24.3 Å². The molecule has 0 unspecified atom stereocenters. The van der Waals surface area contributed by atoms with Crippen molar-refractivity contribution in [2.75, 3.05) is 19.7 Å². The van der Waals surface area contributed by atoms with E-state index < -0.39 is 6.10 Å². The van der Waals surface area contributed by atoms with Crippen molar-refractivity contribution in [3.8, 4) is 5.75 Å². The Kier molecular flexibility index (Phi) is 5.30. The zero-order valence-electron chi connectivity index (χ0n) is 12.0. The van der Waals surface area contributed by atoms with E-state index in [1.807, 2.05) is 6.92 Å². The zero-order valence-corrected chi connectivity index (χ0v) is 12.0. The summed E-state index contributed by atoms with van der Waals surface area (Å²) in [5.74, 6) is 0.321. The van der Waals surface area contributed by atoms with Gasteiger partial charge < -0.3 is 20.5 Å². The molecule has 1 aromatic carbocycles. The fourth-order valence-corrected chi connectivity index (χ4v) is 2.15. The lowest BCUT2D eigenvalue weighted by Crippen LogP contribution is -2.44. The van der Waals surface area contributed by atoms with E-state index in [1.165, 1.54) is 0 Å². The van der Waals surface area contributed by atoms with Gasteiger partial charge in [-0.25, -0.2) is 0 Å². The Bertz CT molecular complexity index is 501. The predicted octanol–water partition coefficient (Wildman–Crippen LogP) is 0.107. The van der Waals surface area contributed by atoms with E-state index in [1.54, 1.807) is 24.3 Å². The molecule has 1 amide bonds. The second-order valence-corrected chi connectivity index (χ2v) is 4.99. The zero-order chi connectivity index (χ0) is 15.2. The van der Waals surface area contributed by atoms with Crippen LogP contribution in [0.25, 0.3) is 0 Å². The number of benzene rings is 1. The molecule has 1 aliphatic heterocycles. The number of ketones is 1. The summed E-state index contributed by atoms with van der Waals surface area (Å²) in [5, 5.41) is 15.3. The molecule has 0 spiro atoms. The van der Waals surface area contributed by atoms with Gasteiger partial charge in [0.05, 0.1) is 12.1 Å².